The third kappa shape index (κ3) is 4.42. The van der Waals surface area contributed by atoms with Crippen molar-refractivity contribution in [3.63, 3.8) is 0 Å². The number of aryl methyl sites for hydroxylation is 2. The van der Waals surface area contributed by atoms with Crippen molar-refractivity contribution < 1.29 is 9.59 Å². The van der Waals surface area contributed by atoms with Crippen LogP contribution < -0.4 is 10.2 Å². The number of amides is 2. The van der Waals surface area contributed by atoms with Crippen molar-refractivity contribution in [2.24, 2.45) is 0 Å². The van der Waals surface area contributed by atoms with Crippen molar-refractivity contribution in [3.8, 4) is 0 Å². The molecule has 0 aromatic heterocycles. The van der Waals surface area contributed by atoms with Crippen molar-refractivity contribution in [2.45, 2.75) is 20.8 Å². The first kappa shape index (κ1) is 16.7. The van der Waals surface area contributed by atoms with Crippen molar-refractivity contribution in [3.05, 3.63) is 65.2 Å². The molecule has 0 heterocycles. The topological polar surface area (TPSA) is 49.4 Å². The average Bonchev–Trinajstić information content (AvgIpc) is 2.54. The minimum atomic E-state index is -0.130. The number of nitrogens with one attached hydrogen (secondary N) is 1. The highest BCUT2D eigenvalue weighted by atomic mass is 16.2. The molecule has 0 saturated carbocycles. The SMILES string of the molecule is CC(=O)N(CCNC(=O)c1ccccc1)c1ccc(C)c(C)c1. The van der Waals surface area contributed by atoms with Gasteiger partial charge >= 0.3 is 0 Å². The monoisotopic (exact) mass is 310 g/mol. The van der Waals surface area contributed by atoms with Gasteiger partial charge in [-0.1, -0.05) is 24.3 Å². The number of rotatable bonds is 5. The maximum absolute atomic E-state index is 12.0. The van der Waals surface area contributed by atoms with Crippen molar-refractivity contribution >= 4 is 17.5 Å². The summed E-state index contributed by atoms with van der Waals surface area (Å²) in [7, 11) is 0. The first-order valence-electron chi connectivity index (χ1n) is 7.67. The van der Waals surface area contributed by atoms with Crippen LogP contribution in [0.4, 0.5) is 5.69 Å². The second-order valence-electron chi connectivity index (χ2n) is 5.56. The summed E-state index contributed by atoms with van der Waals surface area (Å²) in [4.78, 5) is 25.6. The summed E-state index contributed by atoms with van der Waals surface area (Å²) in [6.07, 6.45) is 0. The summed E-state index contributed by atoms with van der Waals surface area (Å²) >= 11 is 0. The van der Waals surface area contributed by atoms with E-state index in [1.807, 2.05) is 50.2 Å². The summed E-state index contributed by atoms with van der Waals surface area (Å²) in [6.45, 7) is 6.44. The van der Waals surface area contributed by atoms with Crippen molar-refractivity contribution in [1.82, 2.24) is 5.32 Å². The minimum Gasteiger partial charge on any atom is -0.350 e. The molecule has 23 heavy (non-hydrogen) atoms. The van der Waals surface area contributed by atoms with Crippen molar-refractivity contribution in [2.75, 3.05) is 18.0 Å². The van der Waals surface area contributed by atoms with Crippen LogP contribution in [0.1, 0.15) is 28.4 Å². The summed E-state index contributed by atoms with van der Waals surface area (Å²) in [5.74, 6) is -0.170. The third-order valence-electron chi connectivity index (χ3n) is 3.84. The van der Waals surface area contributed by atoms with Gasteiger partial charge in [0.15, 0.2) is 0 Å². The molecule has 0 radical (unpaired) electrons. The van der Waals surface area contributed by atoms with Gasteiger partial charge in [-0.25, -0.2) is 0 Å². The van der Waals surface area contributed by atoms with Gasteiger partial charge in [-0.2, -0.15) is 0 Å². The number of anilines is 1. The minimum absolute atomic E-state index is 0.0396. The fraction of sp³-hybridized carbons (Fsp3) is 0.263. The molecule has 120 valence electrons. The predicted octanol–water partition coefficient (Wildman–Crippen LogP) is 3.09. The summed E-state index contributed by atoms with van der Waals surface area (Å²) in [6, 6.07) is 15.0. The van der Waals surface area contributed by atoms with Crippen LogP contribution >= 0.6 is 0 Å². The average molecular weight is 310 g/mol. The molecule has 1 N–H and O–H groups in total. The number of carbonyl (C=O) groups is 2. The van der Waals surface area contributed by atoms with Gasteiger partial charge in [0.05, 0.1) is 0 Å². The quantitative estimate of drug-likeness (QED) is 0.922. The Bertz CT molecular complexity index is 696. The van der Waals surface area contributed by atoms with E-state index in [1.165, 1.54) is 12.5 Å². The number of carbonyl (C=O) groups excluding carboxylic acids is 2. The lowest BCUT2D eigenvalue weighted by Crippen LogP contribution is -2.37. The molecule has 2 aromatic rings. The van der Waals surface area contributed by atoms with E-state index in [2.05, 4.69) is 5.32 Å². The van der Waals surface area contributed by atoms with Crippen molar-refractivity contribution in [1.29, 1.82) is 0 Å². The van der Waals surface area contributed by atoms with Gasteiger partial charge in [0.25, 0.3) is 5.91 Å². The third-order valence-corrected chi connectivity index (χ3v) is 3.84. The molecule has 0 unspecified atom stereocenters. The Kier molecular flexibility index (Phi) is 5.52. The first-order valence-corrected chi connectivity index (χ1v) is 7.67. The molecule has 2 rings (SSSR count). The van der Waals surface area contributed by atoms with E-state index in [0.717, 1.165) is 11.3 Å². The van der Waals surface area contributed by atoms with Crippen LogP contribution in [0.25, 0.3) is 0 Å². The summed E-state index contributed by atoms with van der Waals surface area (Å²) < 4.78 is 0. The fourth-order valence-corrected chi connectivity index (χ4v) is 2.33. The van der Waals surface area contributed by atoms with E-state index >= 15 is 0 Å². The van der Waals surface area contributed by atoms with Gasteiger partial charge in [-0.05, 0) is 49.2 Å². The van der Waals surface area contributed by atoms with Gasteiger partial charge in [0.1, 0.15) is 0 Å². The molecule has 0 aliphatic carbocycles. The number of nitrogens with zero attached hydrogens (tertiary/aromatic N) is 1. The zero-order valence-corrected chi connectivity index (χ0v) is 13.8. The highest BCUT2D eigenvalue weighted by molar-refractivity contribution is 5.94. The van der Waals surface area contributed by atoms with Crippen LogP contribution in [0.3, 0.4) is 0 Å². The lowest BCUT2D eigenvalue weighted by molar-refractivity contribution is -0.116. The van der Waals surface area contributed by atoms with E-state index in [-0.39, 0.29) is 11.8 Å². The van der Waals surface area contributed by atoms with Crippen LogP contribution in [0.5, 0.6) is 0 Å². The van der Waals surface area contributed by atoms with E-state index in [9.17, 15) is 9.59 Å². The smallest absolute Gasteiger partial charge is 0.251 e. The summed E-state index contributed by atoms with van der Waals surface area (Å²) in [5.41, 5.74) is 3.80. The Balaban J connectivity index is 1.99. The van der Waals surface area contributed by atoms with Gasteiger partial charge in [-0.3, -0.25) is 9.59 Å². The molecule has 0 spiro atoms. The molecular formula is C19H22N2O2. The van der Waals surface area contributed by atoms with Crippen LogP contribution in [-0.2, 0) is 4.79 Å². The van der Waals surface area contributed by atoms with E-state index in [0.29, 0.717) is 18.7 Å². The highest BCUT2D eigenvalue weighted by Crippen LogP contribution is 2.18. The Hall–Kier alpha value is -2.62. The van der Waals surface area contributed by atoms with Gasteiger partial charge in [0, 0.05) is 31.3 Å². The number of benzene rings is 2. The Morgan fingerprint density at radius 2 is 1.70 bits per heavy atom. The van der Waals surface area contributed by atoms with Crippen LogP contribution in [0.15, 0.2) is 48.5 Å². The Labute approximate surface area is 137 Å². The van der Waals surface area contributed by atoms with E-state index in [1.54, 1.807) is 17.0 Å². The zero-order chi connectivity index (χ0) is 16.8. The lowest BCUT2D eigenvalue weighted by Gasteiger charge is -2.22. The van der Waals surface area contributed by atoms with E-state index in [4.69, 9.17) is 0 Å². The van der Waals surface area contributed by atoms with Gasteiger partial charge < -0.3 is 10.2 Å². The zero-order valence-electron chi connectivity index (χ0n) is 13.8. The fourth-order valence-electron chi connectivity index (χ4n) is 2.33. The first-order chi connectivity index (χ1) is 11.0. The maximum Gasteiger partial charge on any atom is 0.251 e. The van der Waals surface area contributed by atoms with Crippen LogP contribution in [-0.4, -0.2) is 24.9 Å². The molecule has 2 amide bonds. The highest BCUT2D eigenvalue weighted by Gasteiger charge is 2.12. The molecule has 0 saturated heterocycles. The van der Waals surface area contributed by atoms with Crippen LogP contribution in [0, 0.1) is 13.8 Å². The Morgan fingerprint density at radius 1 is 1.00 bits per heavy atom. The van der Waals surface area contributed by atoms with Gasteiger partial charge in [0.2, 0.25) is 5.91 Å². The molecule has 2 aromatic carbocycles. The normalized spacial score (nSPS) is 10.2. The predicted molar refractivity (Wildman–Crippen MR) is 92.7 cm³/mol. The standard InChI is InChI=1S/C19H22N2O2/c1-14-9-10-18(13-15(14)2)21(16(3)22)12-11-20-19(23)17-7-5-4-6-8-17/h4-10,13H,11-12H2,1-3H3,(H,20,23). The van der Waals surface area contributed by atoms with Gasteiger partial charge in [-0.15, -0.1) is 0 Å². The molecular weight excluding hydrogens is 288 g/mol. The molecule has 0 fully saturated rings. The largest absolute Gasteiger partial charge is 0.350 e. The second-order valence-corrected chi connectivity index (χ2v) is 5.56. The summed E-state index contributed by atoms with van der Waals surface area (Å²) in [5, 5.41) is 2.85. The lowest BCUT2D eigenvalue weighted by atomic mass is 10.1. The molecule has 4 heteroatoms. The van der Waals surface area contributed by atoms with Crippen LogP contribution in [0.2, 0.25) is 0 Å². The molecule has 0 aliphatic rings. The number of hydrogen-bond acceptors (Lipinski definition) is 2. The second kappa shape index (κ2) is 7.58. The molecule has 0 aliphatic heterocycles. The molecule has 0 atom stereocenters. The molecule has 4 nitrogen and oxygen atoms in total. The Morgan fingerprint density at radius 3 is 2.30 bits per heavy atom. The maximum atomic E-state index is 12.0. The number of hydrogen-bond donors (Lipinski definition) is 1. The van der Waals surface area contributed by atoms with E-state index < -0.39 is 0 Å². The molecule has 0 bridgehead atoms.